The van der Waals surface area contributed by atoms with Gasteiger partial charge in [-0.25, -0.2) is 4.79 Å². The molecule has 186 valence electrons. The fraction of sp³-hybridized carbons (Fsp3) is 0.167. The van der Waals surface area contributed by atoms with Gasteiger partial charge in [0.05, 0.1) is 30.3 Å². The van der Waals surface area contributed by atoms with Gasteiger partial charge in [0.15, 0.2) is 0 Å². The molecule has 0 aliphatic heterocycles. The first-order valence-corrected chi connectivity index (χ1v) is 11.9. The van der Waals surface area contributed by atoms with Crippen LogP contribution in [0.2, 0.25) is 0 Å². The Morgan fingerprint density at radius 2 is 1.68 bits per heavy atom. The van der Waals surface area contributed by atoms with Crippen molar-refractivity contribution >= 4 is 33.8 Å². The minimum absolute atomic E-state index is 0.0699. The van der Waals surface area contributed by atoms with Gasteiger partial charge in [-0.1, -0.05) is 60.2 Å². The number of carbonyl (C=O) groups excluding carboxylic acids is 2. The number of aryl methyl sites for hydroxylation is 2. The van der Waals surface area contributed by atoms with Crippen LogP contribution >= 0.6 is 0 Å². The normalized spacial score (nSPS) is 12.1. The average molecular weight is 495 g/mol. The fourth-order valence-corrected chi connectivity index (χ4v) is 4.52. The molecule has 2 aromatic heterocycles. The van der Waals surface area contributed by atoms with Gasteiger partial charge in [-0.15, -0.1) is 0 Å². The number of nitrogens with one attached hydrogen (secondary N) is 1. The molecule has 2 heterocycles. The topological polar surface area (TPSA) is 113 Å². The van der Waals surface area contributed by atoms with Crippen LogP contribution in [-0.2, 0) is 22.4 Å². The van der Waals surface area contributed by atoms with Crippen LogP contribution in [0.1, 0.15) is 22.3 Å². The van der Waals surface area contributed by atoms with Crippen molar-refractivity contribution in [1.29, 1.82) is 0 Å². The molecule has 7 heteroatoms. The Kier molecular flexibility index (Phi) is 6.36. The zero-order valence-corrected chi connectivity index (χ0v) is 20.4. The molecule has 5 aromatic rings. The van der Waals surface area contributed by atoms with E-state index in [2.05, 4.69) is 5.32 Å². The Hall–Kier alpha value is -4.65. The number of aliphatic carboxylic acids is 1. The summed E-state index contributed by atoms with van der Waals surface area (Å²) >= 11 is 0. The molecule has 0 aliphatic rings. The lowest BCUT2D eigenvalue weighted by Crippen LogP contribution is -2.49. The van der Waals surface area contributed by atoms with Crippen LogP contribution in [0.25, 0.3) is 33.1 Å². The van der Waals surface area contributed by atoms with Crippen LogP contribution in [0.4, 0.5) is 0 Å². The molecular formula is C30H24NO6-. The van der Waals surface area contributed by atoms with E-state index in [0.29, 0.717) is 22.1 Å². The van der Waals surface area contributed by atoms with E-state index in [9.17, 15) is 19.5 Å². The quantitative estimate of drug-likeness (QED) is 0.344. The van der Waals surface area contributed by atoms with Crippen molar-refractivity contribution in [2.75, 3.05) is 0 Å². The van der Waals surface area contributed by atoms with Gasteiger partial charge in [-0.05, 0) is 43.0 Å². The lowest BCUT2D eigenvalue weighted by molar-refractivity contribution is -0.308. The van der Waals surface area contributed by atoms with Gasteiger partial charge in [-0.3, -0.25) is 4.79 Å². The van der Waals surface area contributed by atoms with Gasteiger partial charge >= 0.3 is 5.63 Å². The summed E-state index contributed by atoms with van der Waals surface area (Å²) in [6.07, 6.45) is 1.42. The second kappa shape index (κ2) is 9.78. The van der Waals surface area contributed by atoms with Crippen molar-refractivity contribution < 1.29 is 23.5 Å². The maximum absolute atomic E-state index is 12.8. The first-order chi connectivity index (χ1) is 17.8. The minimum Gasteiger partial charge on any atom is -0.548 e. The van der Waals surface area contributed by atoms with Gasteiger partial charge in [-0.2, -0.15) is 0 Å². The van der Waals surface area contributed by atoms with E-state index in [1.165, 1.54) is 0 Å². The van der Waals surface area contributed by atoms with E-state index < -0.39 is 23.5 Å². The van der Waals surface area contributed by atoms with Gasteiger partial charge in [0.2, 0.25) is 5.91 Å². The monoisotopic (exact) mass is 494 g/mol. The van der Waals surface area contributed by atoms with Crippen LogP contribution in [0.3, 0.4) is 0 Å². The maximum Gasteiger partial charge on any atom is 0.340 e. The van der Waals surface area contributed by atoms with Crippen molar-refractivity contribution in [3.05, 3.63) is 106 Å². The zero-order valence-electron chi connectivity index (χ0n) is 20.4. The van der Waals surface area contributed by atoms with Crippen molar-refractivity contribution in [2.45, 2.75) is 32.7 Å². The number of carboxylic acids is 1. The highest BCUT2D eigenvalue weighted by Crippen LogP contribution is 2.34. The highest BCUT2D eigenvalue weighted by Gasteiger charge is 2.20. The summed E-state index contributed by atoms with van der Waals surface area (Å²) in [5.74, 6) is -2.00. The molecule has 0 saturated carbocycles. The number of hydrogen-bond acceptors (Lipinski definition) is 6. The largest absolute Gasteiger partial charge is 0.548 e. The highest BCUT2D eigenvalue weighted by atomic mass is 16.4. The molecule has 37 heavy (non-hydrogen) atoms. The second-order valence-corrected chi connectivity index (χ2v) is 9.16. The summed E-state index contributed by atoms with van der Waals surface area (Å²) in [7, 11) is 0. The second-order valence-electron chi connectivity index (χ2n) is 9.16. The van der Waals surface area contributed by atoms with E-state index in [0.717, 1.165) is 27.6 Å². The Labute approximate surface area is 212 Å². The number of rotatable bonds is 7. The first kappa shape index (κ1) is 24.1. The third kappa shape index (κ3) is 4.89. The van der Waals surface area contributed by atoms with Gasteiger partial charge in [0, 0.05) is 22.4 Å². The van der Waals surface area contributed by atoms with E-state index in [-0.39, 0.29) is 18.4 Å². The summed E-state index contributed by atoms with van der Waals surface area (Å²) in [6, 6.07) is 19.3. The smallest absolute Gasteiger partial charge is 0.340 e. The number of carboxylic acid groups (broad SMARTS) is 1. The average Bonchev–Trinajstić information content (AvgIpc) is 3.29. The van der Waals surface area contributed by atoms with Crippen molar-refractivity contribution in [3.63, 3.8) is 0 Å². The van der Waals surface area contributed by atoms with Gasteiger partial charge < -0.3 is 24.1 Å². The Balaban J connectivity index is 1.46. The molecule has 3 aromatic carbocycles. The molecule has 5 rings (SSSR count). The highest BCUT2D eigenvalue weighted by molar-refractivity contribution is 6.02. The maximum atomic E-state index is 12.8. The Morgan fingerprint density at radius 3 is 2.38 bits per heavy atom. The molecule has 0 radical (unpaired) electrons. The molecule has 0 bridgehead atoms. The summed E-state index contributed by atoms with van der Waals surface area (Å²) in [4.78, 5) is 37.2. The van der Waals surface area contributed by atoms with E-state index in [4.69, 9.17) is 8.83 Å². The lowest BCUT2D eigenvalue weighted by atomic mass is 9.99. The van der Waals surface area contributed by atoms with E-state index >= 15 is 0 Å². The number of carbonyl (C=O) groups is 2. The van der Waals surface area contributed by atoms with Crippen molar-refractivity contribution in [1.82, 2.24) is 5.32 Å². The molecular weight excluding hydrogens is 470 g/mol. The number of furan rings is 1. The van der Waals surface area contributed by atoms with Crippen LogP contribution in [0, 0.1) is 13.8 Å². The number of benzene rings is 3. The number of fused-ring (bicyclic) bond motifs is 2. The van der Waals surface area contributed by atoms with Crippen LogP contribution < -0.4 is 16.0 Å². The van der Waals surface area contributed by atoms with Crippen LogP contribution in [-0.4, -0.2) is 17.9 Å². The predicted octanol–water partition coefficient (Wildman–Crippen LogP) is 3.84. The lowest BCUT2D eigenvalue weighted by Gasteiger charge is -2.20. The Morgan fingerprint density at radius 1 is 0.946 bits per heavy atom. The van der Waals surface area contributed by atoms with Crippen molar-refractivity contribution in [2.24, 2.45) is 0 Å². The molecule has 7 nitrogen and oxygen atoms in total. The van der Waals surface area contributed by atoms with Gasteiger partial charge in [0.25, 0.3) is 0 Å². The molecule has 0 saturated heterocycles. The Bertz CT molecular complexity index is 1680. The number of amides is 1. The standard InChI is InChI=1S/C30H25NO6/c1-17-8-10-20(11-9-17)24-16-36-26-15-27-21(13-23(24)26)18(2)22(30(35)37-27)14-28(32)31-25(29(33)34)12-19-6-4-3-5-7-19/h3-11,13,15-16,25H,12,14H2,1-2H3,(H,31,32)(H,33,34)/p-1/t25-/m0/s1. The van der Waals surface area contributed by atoms with Crippen LogP contribution in [0.15, 0.2) is 86.6 Å². The predicted molar refractivity (Wildman–Crippen MR) is 138 cm³/mol. The van der Waals surface area contributed by atoms with E-state index in [1.807, 2.05) is 43.3 Å². The van der Waals surface area contributed by atoms with Crippen molar-refractivity contribution in [3.8, 4) is 11.1 Å². The SMILES string of the molecule is Cc1ccc(-c2coc3cc4oc(=O)c(CC(=O)N[C@@H](Cc5ccccc5)C(=O)[O-])c(C)c4cc23)cc1. The minimum atomic E-state index is -1.40. The van der Waals surface area contributed by atoms with E-state index in [1.54, 1.807) is 43.5 Å². The molecule has 1 N–H and O–H groups in total. The zero-order chi connectivity index (χ0) is 26.1. The summed E-state index contributed by atoms with van der Waals surface area (Å²) in [6.45, 7) is 3.77. The first-order valence-electron chi connectivity index (χ1n) is 11.9. The molecule has 1 amide bonds. The number of hydrogen-bond donors (Lipinski definition) is 1. The summed E-state index contributed by atoms with van der Waals surface area (Å²) in [5, 5.41) is 15.7. The molecule has 0 unspecified atom stereocenters. The molecule has 1 atom stereocenters. The third-order valence-corrected chi connectivity index (χ3v) is 6.58. The van der Waals surface area contributed by atoms with Crippen LogP contribution in [0.5, 0.6) is 0 Å². The van der Waals surface area contributed by atoms with Gasteiger partial charge in [0.1, 0.15) is 11.2 Å². The molecule has 0 spiro atoms. The molecule has 0 fully saturated rings. The summed E-state index contributed by atoms with van der Waals surface area (Å²) in [5.41, 5.74) is 4.81. The third-order valence-electron chi connectivity index (χ3n) is 6.58. The fourth-order valence-electron chi connectivity index (χ4n) is 4.52. The molecule has 0 aliphatic carbocycles. The summed E-state index contributed by atoms with van der Waals surface area (Å²) < 4.78 is 11.3.